The number of carbonyl (C=O) groups is 1. The molecule has 1 aromatic rings. The van der Waals surface area contributed by atoms with E-state index in [1.165, 1.54) is 0 Å². The van der Waals surface area contributed by atoms with E-state index in [2.05, 4.69) is 6.58 Å². The first-order chi connectivity index (χ1) is 9.67. The minimum Gasteiger partial charge on any atom is -0.493 e. The van der Waals surface area contributed by atoms with Crippen LogP contribution in [0.25, 0.3) is 0 Å². The zero-order valence-corrected chi connectivity index (χ0v) is 11.9. The molecule has 0 spiro atoms. The van der Waals surface area contributed by atoms with Crippen LogP contribution in [0.5, 0.6) is 5.75 Å². The van der Waals surface area contributed by atoms with Gasteiger partial charge in [-0.3, -0.25) is 4.79 Å². The number of carbonyl (C=O) groups excluding carboxylic acids is 1. The summed E-state index contributed by atoms with van der Waals surface area (Å²) in [7, 11) is 1.61. The van der Waals surface area contributed by atoms with Gasteiger partial charge in [0.2, 0.25) is 5.91 Å². The Kier molecular flexibility index (Phi) is 7.21. The highest BCUT2D eigenvalue weighted by Gasteiger charge is 2.11. The molecule has 0 saturated heterocycles. The summed E-state index contributed by atoms with van der Waals surface area (Å²) in [5.74, 6) is 0.691. The number of anilines is 1. The quantitative estimate of drug-likeness (QED) is 0.551. The van der Waals surface area contributed by atoms with Crippen molar-refractivity contribution in [3.05, 3.63) is 36.9 Å². The van der Waals surface area contributed by atoms with Crippen LogP contribution < -0.4 is 10.5 Å². The molecule has 0 aromatic heterocycles. The maximum Gasteiger partial charge on any atom is 0.226 e. The van der Waals surface area contributed by atoms with Gasteiger partial charge in [0, 0.05) is 32.0 Å². The lowest BCUT2D eigenvalue weighted by Gasteiger charge is -2.20. The lowest BCUT2D eigenvalue weighted by atomic mass is 10.3. The van der Waals surface area contributed by atoms with E-state index in [0.717, 1.165) is 0 Å². The van der Waals surface area contributed by atoms with Crippen LogP contribution >= 0.6 is 0 Å². The predicted octanol–water partition coefficient (Wildman–Crippen LogP) is 1.70. The smallest absolute Gasteiger partial charge is 0.226 e. The largest absolute Gasteiger partial charge is 0.493 e. The monoisotopic (exact) mass is 278 g/mol. The molecule has 5 nitrogen and oxygen atoms in total. The molecular weight excluding hydrogens is 256 g/mol. The number of nitrogen functional groups attached to an aromatic ring is 1. The van der Waals surface area contributed by atoms with Crippen LogP contribution in [0.2, 0.25) is 0 Å². The van der Waals surface area contributed by atoms with Crippen LogP contribution in [0, 0.1) is 0 Å². The molecule has 0 bridgehead atoms. The Bertz CT molecular complexity index is 435. The summed E-state index contributed by atoms with van der Waals surface area (Å²) in [6, 6.07) is 7.15. The molecule has 5 heteroatoms. The maximum absolute atomic E-state index is 12.0. The first kappa shape index (κ1) is 16.0. The zero-order valence-electron chi connectivity index (χ0n) is 11.9. The topological polar surface area (TPSA) is 64.8 Å². The molecule has 0 aliphatic heterocycles. The molecule has 1 amide bonds. The lowest BCUT2D eigenvalue weighted by Crippen LogP contribution is -2.34. The third-order valence-electron chi connectivity index (χ3n) is 2.71. The SMILES string of the molecule is C=CCN(CCOC)C(=O)CCOc1cccc(N)c1. The van der Waals surface area contributed by atoms with Gasteiger partial charge in [0.1, 0.15) is 5.75 Å². The Hall–Kier alpha value is -2.01. The first-order valence-electron chi connectivity index (χ1n) is 6.53. The van der Waals surface area contributed by atoms with Crippen molar-refractivity contribution >= 4 is 11.6 Å². The molecule has 1 aromatic carbocycles. The minimum absolute atomic E-state index is 0.0193. The normalized spacial score (nSPS) is 10.1. The second kappa shape index (κ2) is 8.98. The summed E-state index contributed by atoms with van der Waals surface area (Å²) in [5.41, 5.74) is 6.29. The van der Waals surface area contributed by atoms with Gasteiger partial charge < -0.3 is 20.1 Å². The minimum atomic E-state index is 0.0193. The predicted molar refractivity (Wildman–Crippen MR) is 79.6 cm³/mol. The van der Waals surface area contributed by atoms with Gasteiger partial charge in [-0.15, -0.1) is 6.58 Å². The van der Waals surface area contributed by atoms with Crippen molar-refractivity contribution < 1.29 is 14.3 Å². The third kappa shape index (κ3) is 5.75. The summed E-state index contributed by atoms with van der Waals surface area (Å²) in [4.78, 5) is 13.7. The fourth-order valence-electron chi connectivity index (χ4n) is 1.69. The van der Waals surface area contributed by atoms with Crippen LogP contribution in [0.3, 0.4) is 0 Å². The third-order valence-corrected chi connectivity index (χ3v) is 2.71. The van der Waals surface area contributed by atoms with Crippen molar-refractivity contribution in [2.24, 2.45) is 0 Å². The summed E-state index contributed by atoms with van der Waals surface area (Å²) in [5, 5.41) is 0. The van der Waals surface area contributed by atoms with Crippen LogP contribution in [0.1, 0.15) is 6.42 Å². The molecule has 110 valence electrons. The van der Waals surface area contributed by atoms with Crippen molar-refractivity contribution in [3.63, 3.8) is 0 Å². The first-order valence-corrected chi connectivity index (χ1v) is 6.53. The van der Waals surface area contributed by atoms with E-state index in [4.69, 9.17) is 15.2 Å². The number of hydrogen-bond donors (Lipinski definition) is 1. The van der Waals surface area contributed by atoms with Gasteiger partial charge in [-0.05, 0) is 12.1 Å². The summed E-state index contributed by atoms with van der Waals surface area (Å²) >= 11 is 0. The molecule has 2 N–H and O–H groups in total. The van der Waals surface area contributed by atoms with Gasteiger partial charge in [0.15, 0.2) is 0 Å². The molecular formula is C15H22N2O3. The Labute approximate surface area is 120 Å². The second-order valence-corrected chi connectivity index (χ2v) is 4.29. The Morgan fingerprint density at radius 2 is 2.25 bits per heavy atom. The number of methoxy groups -OCH3 is 1. The van der Waals surface area contributed by atoms with Crippen molar-refractivity contribution in [3.8, 4) is 5.75 Å². The number of nitrogens with two attached hydrogens (primary N) is 1. The van der Waals surface area contributed by atoms with E-state index in [-0.39, 0.29) is 5.91 Å². The average molecular weight is 278 g/mol. The van der Waals surface area contributed by atoms with Crippen LogP contribution in [0.4, 0.5) is 5.69 Å². The van der Waals surface area contributed by atoms with Gasteiger partial charge >= 0.3 is 0 Å². The molecule has 20 heavy (non-hydrogen) atoms. The van der Waals surface area contributed by atoms with E-state index >= 15 is 0 Å². The number of ether oxygens (including phenoxy) is 2. The second-order valence-electron chi connectivity index (χ2n) is 4.29. The van der Waals surface area contributed by atoms with E-state index in [9.17, 15) is 4.79 Å². The molecule has 0 aliphatic rings. The van der Waals surface area contributed by atoms with E-state index < -0.39 is 0 Å². The number of rotatable bonds is 9. The molecule has 0 atom stereocenters. The van der Waals surface area contributed by atoms with Crippen molar-refractivity contribution in [1.82, 2.24) is 4.90 Å². The van der Waals surface area contributed by atoms with E-state index in [1.54, 1.807) is 30.2 Å². The summed E-state index contributed by atoms with van der Waals surface area (Å²) in [6.07, 6.45) is 2.01. The Balaban J connectivity index is 2.38. The highest BCUT2D eigenvalue weighted by atomic mass is 16.5. The standard InChI is InChI=1S/C15H22N2O3/c1-3-8-17(9-11-19-2)15(18)7-10-20-14-6-4-5-13(16)12-14/h3-6,12H,1,7-11,16H2,2H3. The maximum atomic E-state index is 12.0. The van der Waals surface area contributed by atoms with Crippen LogP contribution in [0.15, 0.2) is 36.9 Å². The molecule has 0 aliphatic carbocycles. The van der Waals surface area contributed by atoms with Crippen molar-refractivity contribution in [2.45, 2.75) is 6.42 Å². The van der Waals surface area contributed by atoms with E-state index in [0.29, 0.717) is 44.2 Å². The number of amides is 1. The average Bonchev–Trinajstić information content (AvgIpc) is 2.43. The Morgan fingerprint density at radius 3 is 2.90 bits per heavy atom. The van der Waals surface area contributed by atoms with Gasteiger partial charge in [0.05, 0.1) is 19.6 Å². The molecule has 0 saturated carbocycles. The number of benzene rings is 1. The summed E-state index contributed by atoms with van der Waals surface area (Å²) in [6.45, 7) is 5.55. The molecule has 0 unspecified atom stereocenters. The molecule has 0 heterocycles. The highest BCUT2D eigenvalue weighted by Crippen LogP contribution is 2.14. The fourth-order valence-corrected chi connectivity index (χ4v) is 1.69. The van der Waals surface area contributed by atoms with E-state index in [1.807, 2.05) is 12.1 Å². The van der Waals surface area contributed by atoms with Crippen molar-refractivity contribution in [1.29, 1.82) is 0 Å². The fraction of sp³-hybridized carbons (Fsp3) is 0.400. The zero-order chi connectivity index (χ0) is 14.8. The van der Waals surface area contributed by atoms with Gasteiger partial charge in [0.25, 0.3) is 0 Å². The Morgan fingerprint density at radius 1 is 1.45 bits per heavy atom. The van der Waals surface area contributed by atoms with Gasteiger partial charge in [-0.1, -0.05) is 12.1 Å². The molecule has 1 rings (SSSR count). The summed E-state index contributed by atoms with van der Waals surface area (Å²) < 4.78 is 10.5. The van der Waals surface area contributed by atoms with Crippen molar-refractivity contribution in [2.75, 3.05) is 39.1 Å². The lowest BCUT2D eigenvalue weighted by molar-refractivity contribution is -0.131. The molecule has 0 fully saturated rings. The highest BCUT2D eigenvalue weighted by molar-refractivity contribution is 5.76. The van der Waals surface area contributed by atoms with Crippen LogP contribution in [-0.4, -0.2) is 44.2 Å². The molecule has 0 radical (unpaired) electrons. The van der Waals surface area contributed by atoms with Gasteiger partial charge in [-0.25, -0.2) is 0 Å². The number of hydrogen-bond acceptors (Lipinski definition) is 4. The van der Waals surface area contributed by atoms with Gasteiger partial charge in [-0.2, -0.15) is 0 Å². The van der Waals surface area contributed by atoms with Crippen LogP contribution in [-0.2, 0) is 9.53 Å². The number of nitrogens with zero attached hydrogens (tertiary/aromatic N) is 1.